The number of nitrogens with one attached hydrogen (secondary N) is 1. The molecule has 0 unspecified atom stereocenters. The Morgan fingerprint density at radius 1 is 1.03 bits per heavy atom. The van der Waals surface area contributed by atoms with Crippen molar-refractivity contribution in [1.29, 1.82) is 0 Å². The number of primary amides is 1. The molecule has 3 N–H and O–H groups in total. The van der Waals surface area contributed by atoms with Gasteiger partial charge >= 0.3 is 0 Å². The van der Waals surface area contributed by atoms with Crippen molar-refractivity contribution < 1.29 is 9.59 Å². The molecule has 2 amide bonds. The lowest BCUT2D eigenvalue weighted by Crippen LogP contribution is -2.24. The number of hydrogen-bond donors (Lipinski definition) is 2. The van der Waals surface area contributed by atoms with Crippen LogP contribution in [0.1, 0.15) is 51.2 Å². The van der Waals surface area contributed by atoms with Crippen LogP contribution in [0.4, 0.5) is 5.00 Å². The van der Waals surface area contributed by atoms with E-state index in [0.717, 1.165) is 36.0 Å². The minimum absolute atomic E-state index is 0.156. The summed E-state index contributed by atoms with van der Waals surface area (Å²) in [6, 6.07) is 19.4. The minimum Gasteiger partial charge on any atom is -0.365 e. The highest BCUT2D eigenvalue weighted by Crippen LogP contribution is 2.40. The molecule has 0 spiro atoms. The van der Waals surface area contributed by atoms with E-state index in [9.17, 15) is 9.59 Å². The van der Waals surface area contributed by atoms with Gasteiger partial charge in [0.15, 0.2) is 0 Å². The van der Waals surface area contributed by atoms with Gasteiger partial charge in [-0.25, -0.2) is 0 Å². The topological polar surface area (TPSA) is 72.2 Å². The first-order valence-electron chi connectivity index (χ1n) is 9.89. The second-order valence-corrected chi connectivity index (χ2v) is 8.77. The molecule has 0 fully saturated rings. The van der Waals surface area contributed by atoms with Crippen molar-refractivity contribution in [3.8, 4) is 0 Å². The molecule has 5 heteroatoms. The summed E-state index contributed by atoms with van der Waals surface area (Å²) in [6.45, 7) is 2.21. The number of amides is 2. The second kappa shape index (κ2) is 8.21. The highest BCUT2D eigenvalue weighted by Gasteiger charge is 2.29. The normalized spacial score (nSPS) is 15.7. The summed E-state index contributed by atoms with van der Waals surface area (Å²) in [7, 11) is 0. The van der Waals surface area contributed by atoms with Gasteiger partial charge in [0.05, 0.1) is 11.5 Å². The van der Waals surface area contributed by atoms with E-state index in [-0.39, 0.29) is 5.91 Å². The molecule has 1 aliphatic carbocycles. The van der Waals surface area contributed by atoms with Gasteiger partial charge in [-0.15, -0.1) is 11.3 Å². The van der Waals surface area contributed by atoms with Crippen molar-refractivity contribution in [3.63, 3.8) is 0 Å². The van der Waals surface area contributed by atoms with Crippen molar-refractivity contribution in [2.75, 3.05) is 5.32 Å². The molecular weight excluding hydrogens is 380 g/mol. The van der Waals surface area contributed by atoms with Crippen LogP contribution in [-0.2, 0) is 17.6 Å². The molecule has 3 aromatic rings. The van der Waals surface area contributed by atoms with Crippen molar-refractivity contribution in [1.82, 2.24) is 0 Å². The Bertz CT molecular complexity index is 988. The van der Waals surface area contributed by atoms with E-state index in [2.05, 4.69) is 12.2 Å². The first-order chi connectivity index (χ1) is 14.0. The summed E-state index contributed by atoms with van der Waals surface area (Å²) >= 11 is 1.50. The number of nitrogens with two attached hydrogens (primary N) is 1. The lowest BCUT2D eigenvalue weighted by molar-refractivity contribution is -0.116. The summed E-state index contributed by atoms with van der Waals surface area (Å²) < 4.78 is 0. The standard InChI is InChI=1S/C24H24N2O2S/c1-15-12-13-18-19(14-15)29-24(21(18)22(25)27)26-23(28)20(16-8-4-2-5-9-16)17-10-6-3-7-11-17/h2-11,15,20H,12-14H2,1H3,(H2,25,27)(H,26,28)/t15-/m0/s1. The van der Waals surface area contributed by atoms with Crippen LogP contribution in [0.5, 0.6) is 0 Å². The molecule has 0 saturated heterocycles. The van der Waals surface area contributed by atoms with E-state index in [1.165, 1.54) is 16.2 Å². The molecule has 148 valence electrons. The Kier molecular flexibility index (Phi) is 5.49. The molecule has 2 aromatic carbocycles. The molecule has 0 aliphatic heterocycles. The first kappa shape index (κ1) is 19.4. The maximum absolute atomic E-state index is 13.4. The smallest absolute Gasteiger partial charge is 0.251 e. The van der Waals surface area contributed by atoms with Gasteiger partial charge in [-0.2, -0.15) is 0 Å². The van der Waals surface area contributed by atoms with Crippen molar-refractivity contribution in [2.45, 2.75) is 32.1 Å². The fourth-order valence-corrected chi connectivity index (χ4v) is 5.49. The summed E-state index contributed by atoms with van der Waals surface area (Å²) in [5.41, 5.74) is 9.04. The number of hydrogen-bond acceptors (Lipinski definition) is 3. The predicted octanol–water partition coefficient (Wildman–Crippen LogP) is 4.74. The highest BCUT2D eigenvalue weighted by molar-refractivity contribution is 7.17. The molecule has 1 aromatic heterocycles. The van der Waals surface area contributed by atoms with E-state index in [0.29, 0.717) is 16.5 Å². The highest BCUT2D eigenvalue weighted by atomic mass is 32.1. The number of rotatable bonds is 5. The van der Waals surface area contributed by atoms with Crippen molar-refractivity contribution in [2.24, 2.45) is 11.7 Å². The van der Waals surface area contributed by atoms with Gasteiger partial charge in [0.25, 0.3) is 5.91 Å². The number of benzene rings is 2. The summed E-state index contributed by atoms with van der Waals surface area (Å²) in [4.78, 5) is 26.8. The average Bonchev–Trinajstić information content (AvgIpc) is 3.06. The van der Waals surface area contributed by atoms with Gasteiger partial charge in [0, 0.05) is 4.88 Å². The maximum atomic E-state index is 13.4. The zero-order chi connectivity index (χ0) is 20.4. The number of fused-ring (bicyclic) bond motifs is 1. The monoisotopic (exact) mass is 404 g/mol. The SMILES string of the molecule is C[C@H]1CCc2c(sc(NC(=O)C(c3ccccc3)c3ccccc3)c2C(N)=O)C1. The second-order valence-electron chi connectivity index (χ2n) is 7.66. The Labute approximate surface area is 174 Å². The molecule has 1 atom stereocenters. The van der Waals surface area contributed by atoms with Gasteiger partial charge in [0.1, 0.15) is 5.00 Å². The van der Waals surface area contributed by atoms with E-state index in [1.54, 1.807) is 0 Å². The number of anilines is 1. The van der Waals surface area contributed by atoms with E-state index in [1.807, 2.05) is 60.7 Å². The molecule has 1 aliphatic rings. The van der Waals surface area contributed by atoms with Gasteiger partial charge in [-0.05, 0) is 41.9 Å². The number of thiophene rings is 1. The molecule has 0 radical (unpaired) electrons. The minimum atomic E-state index is -0.469. The third kappa shape index (κ3) is 3.96. The van der Waals surface area contributed by atoms with Gasteiger partial charge in [0.2, 0.25) is 5.91 Å². The molecular formula is C24H24N2O2S. The average molecular weight is 405 g/mol. The zero-order valence-corrected chi connectivity index (χ0v) is 17.2. The fourth-order valence-electron chi connectivity index (χ4n) is 4.07. The number of carbonyl (C=O) groups excluding carboxylic acids is 2. The number of carbonyl (C=O) groups is 2. The Balaban J connectivity index is 1.71. The van der Waals surface area contributed by atoms with Crippen LogP contribution in [0.15, 0.2) is 60.7 Å². The lowest BCUT2D eigenvalue weighted by atomic mass is 9.88. The van der Waals surface area contributed by atoms with Crippen LogP contribution in [0.2, 0.25) is 0 Å². The summed E-state index contributed by atoms with van der Waals surface area (Å²) in [5, 5.41) is 3.62. The van der Waals surface area contributed by atoms with Crippen LogP contribution >= 0.6 is 11.3 Å². The summed E-state index contributed by atoms with van der Waals surface area (Å²) in [5.74, 6) is -0.511. The largest absolute Gasteiger partial charge is 0.365 e. The zero-order valence-electron chi connectivity index (χ0n) is 16.4. The molecule has 0 saturated carbocycles. The van der Waals surface area contributed by atoms with Crippen LogP contribution in [0, 0.1) is 5.92 Å². The lowest BCUT2D eigenvalue weighted by Gasteiger charge is -2.18. The van der Waals surface area contributed by atoms with Crippen molar-refractivity contribution >= 4 is 28.2 Å². The van der Waals surface area contributed by atoms with Crippen molar-refractivity contribution in [3.05, 3.63) is 87.8 Å². The Morgan fingerprint density at radius 3 is 2.17 bits per heavy atom. The molecule has 0 bridgehead atoms. The Morgan fingerprint density at radius 2 is 1.62 bits per heavy atom. The third-order valence-corrected chi connectivity index (χ3v) is 6.69. The Hall–Kier alpha value is -2.92. The molecule has 1 heterocycles. The van der Waals surface area contributed by atoms with Crippen LogP contribution in [0.25, 0.3) is 0 Å². The molecule has 4 nitrogen and oxygen atoms in total. The van der Waals surface area contributed by atoms with Crippen LogP contribution in [0.3, 0.4) is 0 Å². The quantitative estimate of drug-likeness (QED) is 0.644. The van der Waals surface area contributed by atoms with Crippen LogP contribution < -0.4 is 11.1 Å². The predicted molar refractivity (Wildman–Crippen MR) is 117 cm³/mol. The fraction of sp³-hybridized carbons (Fsp3) is 0.250. The van der Waals surface area contributed by atoms with Crippen LogP contribution in [-0.4, -0.2) is 11.8 Å². The van der Waals surface area contributed by atoms with Gasteiger partial charge < -0.3 is 11.1 Å². The van der Waals surface area contributed by atoms with E-state index < -0.39 is 11.8 Å². The third-order valence-electron chi connectivity index (χ3n) is 5.52. The molecule has 29 heavy (non-hydrogen) atoms. The molecule has 4 rings (SSSR count). The van der Waals surface area contributed by atoms with Gasteiger partial charge in [-0.3, -0.25) is 9.59 Å². The van der Waals surface area contributed by atoms with E-state index >= 15 is 0 Å². The maximum Gasteiger partial charge on any atom is 0.251 e. The summed E-state index contributed by atoms with van der Waals surface area (Å²) in [6.07, 6.45) is 2.80. The van der Waals surface area contributed by atoms with E-state index in [4.69, 9.17) is 5.73 Å². The van der Waals surface area contributed by atoms with Gasteiger partial charge in [-0.1, -0.05) is 67.6 Å². The first-order valence-corrected chi connectivity index (χ1v) is 10.7.